The summed E-state index contributed by atoms with van der Waals surface area (Å²) in [6.45, 7) is 3.33. The Hall–Kier alpha value is -1.81. The van der Waals surface area contributed by atoms with E-state index in [1.54, 1.807) is 0 Å². The summed E-state index contributed by atoms with van der Waals surface area (Å²) in [6.07, 6.45) is 12.7. The molecule has 1 amide bonds. The summed E-state index contributed by atoms with van der Waals surface area (Å²) in [5.41, 5.74) is 4.85. The van der Waals surface area contributed by atoms with Crippen molar-refractivity contribution in [1.82, 2.24) is 15.2 Å². The first-order chi connectivity index (χ1) is 13.8. The minimum Gasteiger partial charge on any atom is -0.358 e. The zero-order valence-electron chi connectivity index (χ0n) is 16.9. The standard InChI is InChI=1S/C24H33N3O/c28-24(25-16-18-7-6-14-27-13-5-4-10-23(18)27)17-11-12-22-20(15-17)19-8-2-1-3-9-21(19)26-22/h11-12,15,18,23,26H,1-10,13-14,16H2,(H,25,28)/t18-,23+/m1/s1. The summed E-state index contributed by atoms with van der Waals surface area (Å²) in [4.78, 5) is 19.2. The molecule has 0 saturated carbocycles. The van der Waals surface area contributed by atoms with Crippen LogP contribution in [0.3, 0.4) is 0 Å². The van der Waals surface area contributed by atoms with Crippen molar-refractivity contribution in [2.24, 2.45) is 5.92 Å². The van der Waals surface area contributed by atoms with Crippen LogP contribution in [0.25, 0.3) is 10.9 Å². The molecule has 150 valence electrons. The lowest BCUT2D eigenvalue weighted by Gasteiger charge is -2.44. The molecule has 4 nitrogen and oxygen atoms in total. The smallest absolute Gasteiger partial charge is 0.251 e. The van der Waals surface area contributed by atoms with Crippen molar-refractivity contribution in [2.75, 3.05) is 19.6 Å². The molecule has 5 rings (SSSR count). The second kappa shape index (κ2) is 7.90. The molecule has 2 fully saturated rings. The quantitative estimate of drug-likeness (QED) is 0.775. The van der Waals surface area contributed by atoms with E-state index >= 15 is 0 Å². The Labute approximate surface area is 168 Å². The van der Waals surface area contributed by atoms with Crippen LogP contribution in [0.1, 0.15) is 73.0 Å². The lowest BCUT2D eigenvalue weighted by molar-refractivity contribution is 0.0575. The lowest BCUT2D eigenvalue weighted by Crippen LogP contribution is -2.51. The Kier molecular flexibility index (Phi) is 5.15. The Morgan fingerprint density at radius 3 is 2.89 bits per heavy atom. The summed E-state index contributed by atoms with van der Waals surface area (Å²) in [5.74, 6) is 0.712. The highest BCUT2D eigenvalue weighted by Gasteiger charge is 2.33. The minimum atomic E-state index is 0.0957. The van der Waals surface area contributed by atoms with Gasteiger partial charge in [0.2, 0.25) is 0 Å². The average molecular weight is 380 g/mol. The van der Waals surface area contributed by atoms with Gasteiger partial charge in [0.25, 0.3) is 5.91 Å². The van der Waals surface area contributed by atoms with Gasteiger partial charge >= 0.3 is 0 Å². The third-order valence-electron chi connectivity index (χ3n) is 7.36. The molecule has 2 N–H and O–H groups in total. The number of amides is 1. The van der Waals surface area contributed by atoms with Crippen molar-refractivity contribution in [3.63, 3.8) is 0 Å². The largest absolute Gasteiger partial charge is 0.358 e. The molecule has 3 heterocycles. The lowest BCUT2D eigenvalue weighted by atomic mass is 9.83. The molecule has 1 aromatic heterocycles. The van der Waals surface area contributed by atoms with Crippen molar-refractivity contribution in [3.05, 3.63) is 35.0 Å². The van der Waals surface area contributed by atoms with Gasteiger partial charge in [-0.3, -0.25) is 4.79 Å². The number of aryl methyl sites for hydroxylation is 2. The summed E-state index contributed by atoms with van der Waals surface area (Å²) >= 11 is 0. The minimum absolute atomic E-state index is 0.0957. The zero-order valence-corrected chi connectivity index (χ0v) is 16.9. The van der Waals surface area contributed by atoms with E-state index in [0.29, 0.717) is 12.0 Å². The van der Waals surface area contributed by atoms with Crippen molar-refractivity contribution in [3.8, 4) is 0 Å². The highest BCUT2D eigenvalue weighted by molar-refractivity contribution is 5.99. The Morgan fingerprint density at radius 1 is 1.04 bits per heavy atom. The van der Waals surface area contributed by atoms with Gasteiger partial charge in [-0.1, -0.05) is 12.8 Å². The van der Waals surface area contributed by atoms with Crippen LogP contribution in [-0.4, -0.2) is 41.5 Å². The predicted octanol–water partition coefficient (Wildman–Crippen LogP) is 4.43. The van der Waals surface area contributed by atoms with Crippen LogP contribution in [0.5, 0.6) is 0 Å². The Morgan fingerprint density at radius 2 is 1.93 bits per heavy atom. The fourth-order valence-electron chi connectivity index (χ4n) is 5.87. The van der Waals surface area contributed by atoms with Crippen LogP contribution in [0.4, 0.5) is 0 Å². The number of piperidine rings is 2. The van der Waals surface area contributed by atoms with E-state index in [-0.39, 0.29) is 5.91 Å². The Balaban J connectivity index is 1.30. The van der Waals surface area contributed by atoms with Gasteiger partial charge in [0.05, 0.1) is 0 Å². The number of aromatic nitrogens is 1. The molecule has 28 heavy (non-hydrogen) atoms. The average Bonchev–Trinajstić information content (AvgIpc) is 2.91. The summed E-state index contributed by atoms with van der Waals surface area (Å²) in [7, 11) is 0. The number of carbonyl (C=O) groups excluding carboxylic acids is 1. The van der Waals surface area contributed by atoms with E-state index < -0.39 is 0 Å². The molecule has 2 atom stereocenters. The van der Waals surface area contributed by atoms with E-state index in [1.807, 2.05) is 6.07 Å². The summed E-state index contributed by atoms with van der Waals surface area (Å²) < 4.78 is 0. The van der Waals surface area contributed by atoms with E-state index in [1.165, 1.54) is 86.6 Å². The molecule has 1 aromatic carbocycles. The van der Waals surface area contributed by atoms with Gasteiger partial charge in [-0.25, -0.2) is 0 Å². The fourth-order valence-corrected chi connectivity index (χ4v) is 5.87. The number of hydrogen-bond donors (Lipinski definition) is 2. The van der Waals surface area contributed by atoms with Gasteiger partial charge in [0.1, 0.15) is 0 Å². The van der Waals surface area contributed by atoms with Crippen LogP contribution in [0.15, 0.2) is 18.2 Å². The third kappa shape index (κ3) is 3.47. The molecule has 2 aliphatic heterocycles. The number of H-pyrrole nitrogens is 1. The van der Waals surface area contributed by atoms with Crippen molar-refractivity contribution in [2.45, 2.75) is 70.3 Å². The summed E-state index contributed by atoms with van der Waals surface area (Å²) in [5, 5.41) is 4.54. The number of benzene rings is 1. The van der Waals surface area contributed by atoms with Gasteiger partial charge in [-0.2, -0.15) is 0 Å². The second-order valence-electron chi connectivity index (χ2n) is 9.11. The zero-order chi connectivity index (χ0) is 18.9. The third-order valence-corrected chi connectivity index (χ3v) is 7.36. The van der Waals surface area contributed by atoms with E-state index in [4.69, 9.17) is 0 Å². The molecule has 1 aliphatic carbocycles. The van der Waals surface area contributed by atoms with Gasteiger partial charge in [0.15, 0.2) is 0 Å². The molecule has 0 unspecified atom stereocenters. The highest BCUT2D eigenvalue weighted by atomic mass is 16.1. The predicted molar refractivity (Wildman–Crippen MR) is 114 cm³/mol. The number of carbonyl (C=O) groups is 1. The molecular formula is C24H33N3O. The maximum atomic E-state index is 12.9. The van der Waals surface area contributed by atoms with Crippen molar-refractivity contribution < 1.29 is 4.79 Å². The topological polar surface area (TPSA) is 48.1 Å². The molecule has 0 bridgehead atoms. The van der Waals surface area contributed by atoms with E-state index in [2.05, 4.69) is 27.3 Å². The van der Waals surface area contributed by atoms with Gasteiger partial charge in [0, 0.05) is 34.7 Å². The van der Waals surface area contributed by atoms with Gasteiger partial charge in [-0.15, -0.1) is 0 Å². The van der Waals surface area contributed by atoms with E-state index in [0.717, 1.165) is 24.9 Å². The number of aromatic amines is 1. The van der Waals surface area contributed by atoms with Crippen LogP contribution in [-0.2, 0) is 12.8 Å². The van der Waals surface area contributed by atoms with Crippen LogP contribution in [0.2, 0.25) is 0 Å². The molecule has 0 spiro atoms. The number of nitrogens with zero attached hydrogens (tertiary/aromatic N) is 1. The maximum absolute atomic E-state index is 12.9. The van der Waals surface area contributed by atoms with Crippen molar-refractivity contribution in [1.29, 1.82) is 0 Å². The highest BCUT2D eigenvalue weighted by Crippen LogP contribution is 2.31. The number of fused-ring (bicyclic) bond motifs is 4. The normalized spacial score (nSPS) is 25.7. The molecule has 2 aromatic rings. The number of hydrogen-bond acceptors (Lipinski definition) is 2. The molecule has 4 heteroatoms. The van der Waals surface area contributed by atoms with Crippen LogP contribution in [0, 0.1) is 5.92 Å². The first-order valence-corrected chi connectivity index (χ1v) is 11.5. The summed E-state index contributed by atoms with van der Waals surface area (Å²) in [6, 6.07) is 6.90. The van der Waals surface area contributed by atoms with Crippen LogP contribution >= 0.6 is 0 Å². The van der Waals surface area contributed by atoms with Crippen LogP contribution < -0.4 is 5.32 Å². The first kappa shape index (κ1) is 18.2. The monoisotopic (exact) mass is 379 g/mol. The molecular weight excluding hydrogens is 346 g/mol. The molecule has 3 aliphatic rings. The van der Waals surface area contributed by atoms with Gasteiger partial charge < -0.3 is 15.2 Å². The number of nitrogens with one attached hydrogen (secondary N) is 2. The second-order valence-corrected chi connectivity index (χ2v) is 9.11. The fraction of sp³-hybridized carbons (Fsp3) is 0.625. The Bertz CT molecular complexity index is 853. The first-order valence-electron chi connectivity index (χ1n) is 11.5. The van der Waals surface area contributed by atoms with Crippen molar-refractivity contribution >= 4 is 16.8 Å². The van der Waals surface area contributed by atoms with E-state index in [9.17, 15) is 4.79 Å². The number of rotatable bonds is 3. The SMILES string of the molecule is O=C(NC[C@H]1CCCN2CCCC[C@@H]12)c1ccc2[nH]c3c(c2c1)CCCCC3. The maximum Gasteiger partial charge on any atom is 0.251 e. The van der Waals surface area contributed by atoms with Gasteiger partial charge in [-0.05, 0) is 94.1 Å². The molecule has 0 radical (unpaired) electrons. The molecule has 2 saturated heterocycles.